The lowest BCUT2D eigenvalue weighted by atomic mass is 9.79. The maximum Gasteiger partial charge on any atom is 0.0880 e. The van der Waals surface area contributed by atoms with Crippen LogP contribution in [0.5, 0.6) is 0 Å². The van der Waals surface area contributed by atoms with E-state index in [1.54, 1.807) is 0 Å². The van der Waals surface area contributed by atoms with E-state index in [9.17, 15) is 5.11 Å². The Morgan fingerprint density at radius 3 is 2.42 bits per heavy atom. The first-order valence-electron chi connectivity index (χ1n) is 7.67. The summed E-state index contributed by atoms with van der Waals surface area (Å²) in [5.41, 5.74) is 1.75. The molecule has 0 radical (unpaired) electrons. The zero-order chi connectivity index (χ0) is 13.7. The summed E-state index contributed by atoms with van der Waals surface area (Å²) in [6.45, 7) is 5.96. The molecule has 0 heterocycles. The molecule has 1 saturated carbocycles. The standard InChI is InChI=1S/C17H27NO/c1-3-12-18-13-11-17(2,19)16-9-7-15(8-10-16)14-5-4-6-14/h7-10,14,18-19H,3-6,11-13H2,1-2H3. The van der Waals surface area contributed by atoms with Crippen molar-refractivity contribution in [3.8, 4) is 0 Å². The molecule has 106 valence electrons. The first-order chi connectivity index (χ1) is 9.13. The molecule has 1 fully saturated rings. The molecule has 1 aliphatic carbocycles. The van der Waals surface area contributed by atoms with Crippen LogP contribution in [0, 0.1) is 0 Å². The lowest BCUT2D eigenvalue weighted by Gasteiger charge is -2.28. The number of rotatable bonds is 7. The van der Waals surface area contributed by atoms with Gasteiger partial charge in [0.2, 0.25) is 0 Å². The molecule has 0 aromatic heterocycles. The topological polar surface area (TPSA) is 32.3 Å². The number of hydrogen-bond acceptors (Lipinski definition) is 2. The molecular formula is C17H27NO. The lowest BCUT2D eigenvalue weighted by Crippen LogP contribution is -2.28. The maximum absolute atomic E-state index is 10.5. The van der Waals surface area contributed by atoms with Crippen LogP contribution in [0.1, 0.15) is 63.0 Å². The zero-order valence-corrected chi connectivity index (χ0v) is 12.3. The van der Waals surface area contributed by atoms with Crippen molar-refractivity contribution >= 4 is 0 Å². The Morgan fingerprint density at radius 2 is 1.89 bits per heavy atom. The quantitative estimate of drug-likeness (QED) is 0.736. The fourth-order valence-corrected chi connectivity index (χ4v) is 2.63. The first-order valence-corrected chi connectivity index (χ1v) is 7.67. The molecule has 1 aromatic carbocycles. The van der Waals surface area contributed by atoms with Gasteiger partial charge in [-0.05, 0) is 62.7 Å². The normalized spacial score (nSPS) is 18.9. The third-order valence-corrected chi connectivity index (χ3v) is 4.32. The van der Waals surface area contributed by atoms with E-state index in [0.717, 1.165) is 37.4 Å². The van der Waals surface area contributed by atoms with Crippen molar-refractivity contribution in [3.63, 3.8) is 0 Å². The largest absolute Gasteiger partial charge is 0.385 e. The molecule has 1 atom stereocenters. The fraction of sp³-hybridized carbons (Fsp3) is 0.647. The minimum Gasteiger partial charge on any atom is -0.385 e. The molecule has 1 aromatic rings. The zero-order valence-electron chi connectivity index (χ0n) is 12.3. The molecule has 0 aliphatic heterocycles. The van der Waals surface area contributed by atoms with Crippen molar-refractivity contribution in [3.05, 3.63) is 35.4 Å². The predicted molar refractivity (Wildman–Crippen MR) is 80.4 cm³/mol. The monoisotopic (exact) mass is 261 g/mol. The van der Waals surface area contributed by atoms with Crippen LogP contribution in [0.25, 0.3) is 0 Å². The van der Waals surface area contributed by atoms with Gasteiger partial charge in [0.05, 0.1) is 5.60 Å². The van der Waals surface area contributed by atoms with Gasteiger partial charge in [-0.15, -0.1) is 0 Å². The van der Waals surface area contributed by atoms with Gasteiger partial charge in [-0.25, -0.2) is 0 Å². The Labute approximate surface area is 117 Å². The lowest BCUT2D eigenvalue weighted by molar-refractivity contribution is 0.0480. The van der Waals surface area contributed by atoms with Crippen LogP contribution in [0.15, 0.2) is 24.3 Å². The highest BCUT2D eigenvalue weighted by atomic mass is 16.3. The smallest absolute Gasteiger partial charge is 0.0880 e. The average molecular weight is 261 g/mol. The third-order valence-electron chi connectivity index (χ3n) is 4.32. The SMILES string of the molecule is CCCNCCC(C)(O)c1ccc(C2CCC2)cc1. The molecule has 0 bridgehead atoms. The summed E-state index contributed by atoms with van der Waals surface area (Å²) in [5, 5.41) is 13.9. The van der Waals surface area contributed by atoms with Crippen LogP contribution >= 0.6 is 0 Å². The number of hydrogen-bond donors (Lipinski definition) is 2. The molecule has 0 spiro atoms. The Bertz CT molecular complexity index is 379. The molecule has 0 saturated heterocycles. The third kappa shape index (κ3) is 3.80. The van der Waals surface area contributed by atoms with Gasteiger partial charge in [0.1, 0.15) is 0 Å². The van der Waals surface area contributed by atoms with Crippen molar-refractivity contribution < 1.29 is 5.11 Å². The Morgan fingerprint density at radius 1 is 1.21 bits per heavy atom. The van der Waals surface area contributed by atoms with Crippen molar-refractivity contribution in [2.24, 2.45) is 0 Å². The van der Waals surface area contributed by atoms with Crippen LogP contribution in [0.2, 0.25) is 0 Å². The molecule has 2 N–H and O–H groups in total. The van der Waals surface area contributed by atoms with Crippen molar-refractivity contribution in [1.82, 2.24) is 5.32 Å². The summed E-state index contributed by atoms with van der Waals surface area (Å²) < 4.78 is 0. The van der Waals surface area contributed by atoms with Crippen molar-refractivity contribution in [2.45, 2.75) is 57.5 Å². The molecule has 2 rings (SSSR count). The van der Waals surface area contributed by atoms with Crippen LogP contribution in [-0.2, 0) is 5.60 Å². The summed E-state index contributed by atoms with van der Waals surface area (Å²) in [7, 11) is 0. The van der Waals surface area contributed by atoms with E-state index in [0.29, 0.717) is 0 Å². The van der Waals surface area contributed by atoms with Gasteiger partial charge in [-0.1, -0.05) is 37.6 Å². The van der Waals surface area contributed by atoms with Gasteiger partial charge in [0.25, 0.3) is 0 Å². The van der Waals surface area contributed by atoms with Crippen LogP contribution in [0.4, 0.5) is 0 Å². The van der Waals surface area contributed by atoms with E-state index in [-0.39, 0.29) is 0 Å². The van der Waals surface area contributed by atoms with Crippen LogP contribution in [0.3, 0.4) is 0 Å². The minimum atomic E-state index is -0.723. The number of aliphatic hydroxyl groups is 1. The second kappa shape index (κ2) is 6.53. The Hall–Kier alpha value is -0.860. The summed E-state index contributed by atoms with van der Waals surface area (Å²) >= 11 is 0. The highest BCUT2D eigenvalue weighted by molar-refractivity contribution is 5.29. The van der Waals surface area contributed by atoms with E-state index in [1.165, 1.54) is 24.8 Å². The van der Waals surface area contributed by atoms with Crippen LogP contribution < -0.4 is 5.32 Å². The predicted octanol–water partition coefficient (Wildman–Crippen LogP) is 3.55. The summed E-state index contributed by atoms with van der Waals surface area (Å²) in [6.07, 6.45) is 5.93. The minimum absolute atomic E-state index is 0.723. The van der Waals surface area contributed by atoms with E-state index >= 15 is 0 Å². The van der Waals surface area contributed by atoms with E-state index < -0.39 is 5.60 Å². The highest BCUT2D eigenvalue weighted by Crippen LogP contribution is 2.37. The summed E-state index contributed by atoms with van der Waals surface area (Å²) in [6, 6.07) is 8.61. The van der Waals surface area contributed by atoms with Gasteiger partial charge in [-0.2, -0.15) is 0 Å². The summed E-state index contributed by atoms with van der Waals surface area (Å²) in [5.74, 6) is 0.769. The molecule has 1 unspecified atom stereocenters. The molecular weight excluding hydrogens is 234 g/mol. The van der Waals surface area contributed by atoms with E-state index in [2.05, 4.69) is 36.5 Å². The van der Waals surface area contributed by atoms with Gasteiger partial charge >= 0.3 is 0 Å². The molecule has 2 nitrogen and oxygen atoms in total. The second-order valence-corrected chi connectivity index (χ2v) is 6.02. The first kappa shape index (κ1) is 14.5. The van der Waals surface area contributed by atoms with Gasteiger partial charge in [0.15, 0.2) is 0 Å². The molecule has 19 heavy (non-hydrogen) atoms. The van der Waals surface area contributed by atoms with Gasteiger partial charge in [-0.3, -0.25) is 0 Å². The van der Waals surface area contributed by atoms with E-state index in [4.69, 9.17) is 0 Å². The van der Waals surface area contributed by atoms with Crippen molar-refractivity contribution in [1.29, 1.82) is 0 Å². The highest BCUT2D eigenvalue weighted by Gasteiger charge is 2.24. The molecule has 1 aliphatic rings. The fourth-order valence-electron chi connectivity index (χ4n) is 2.63. The number of nitrogens with one attached hydrogen (secondary N) is 1. The summed E-state index contributed by atoms with van der Waals surface area (Å²) in [4.78, 5) is 0. The van der Waals surface area contributed by atoms with Gasteiger partial charge in [0, 0.05) is 0 Å². The second-order valence-electron chi connectivity index (χ2n) is 6.02. The van der Waals surface area contributed by atoms with Crippen LogP contribution in [-0.4, -0.2) is 18.2 Å². The Balaban J connectivity index is 1.91. The number of benzene rings is 1. The van der Waals surface area contributed by atoms with E-state index in [1.807, 2.05) is 6.92 Å². The average Bonchev–Trinajstić information content (AvgIpc) is 2.33. The maximum atomic E-state index is 10.5. The molecule has 0 amide bonds. The van der Waals surface area contributed by atoms with Crippen molar-refractivity contribution in [2.75, 3.05) is 13.1 Å². The molecule has 2 heteroatoms. The Kier molecular flexibility index (Phi) is 5.00. The van der Waals surface area contributed by atoms with Gasteiger partial charge < -0.3 is 10.4 Å².